The van der Waals surface area contributed by atoms with Gasteiger partial charge < -0.3 is 15.1 Å². The third-order valence-electron chi connectivity index (χ3n) is 3.97. The Hall–Kier alpha value is -2.56. The number of amides is 2. The van der Waals surface area contributed by atoms with E-state index in [1.807, 2.05) is 26.0 Å². The molecule has 2 aromatic rings. The van der Waals surface area contributed by atoms with Crippen LogP contribution in [0.15, 0.2) is 41.0 Å². The van der Waals surface area contributed by atoms with E-state index in [0.29, 0.717) is 18.7 Å². The molecule has 2 atom stereocenters. The van der Waals surface area contributed by atoms with Crippen LogP contribution >= 0.6 is 0 Å². The van der Waals surface area contributed by atoms with Gasteiger partial charge in [0.05, 0.1) is 24.6 Å². The first-order valence-electron chi connectivity index (χ1n) is 7.72. The summed E-state index contributed by atoms with van der Waals surface area (Å²) in [6.07, 6.45) is 2.17. The minimum atomic E-state index is -0.243. The second-order valence-electron chi connectivity index (χ2n) is 6.11. The van der Waals surface area contributed by atoms with Crippen LogP contribution in [0, 0.1) is 25.7 Å². The number of carbonyl (C=O) groups excluding carboxylic acids is 2. The number of furan rings is 1. The Bertz CT molecular complexity index is 702. The zero-order valence-electron chi connectivity index (χ0n) is 13.3. The molecule has 0 spiro atoms. The second kappa shape index (κ2) is 6.28. The van der Waals surface area contributed by atoms with Gasteiger partial charge in [0.1, 0.15) is 5.76 Å². The lowest BCUT2D eigenvalue weighted by atomic mass is 10.1. The normalized spacial score (nSPS) is 19.2. The number of rotatable bonds is 5. The topological polar surface area (TPSA) is 71.3 Å². The smallest absolute Gasteiger partial charge is 0.228 e. The number of aryl methyl sites for hydroxylation is 2. The van der Waals surface area contributed by atoms with Gasteiger partial charge >= 0.3 is 0 Å². The third kappa shape index (κ3) is 3.80. The highest BCUT2D eigenvalue weighted by Crippen LogP contribution is 2.39. The molecule has 120 valence electrons. The monoisotopic (exact) mass is 312 g/mol. The van der Waals surface area contributed by atoms with Gasteiger partial charge in [-0.3, -0.25) is 9.59 Å². The lowest BCUT2D eigenvalue weighted by Gasteiger charge is -2.07. The SMILES string of the molecule is Cc1cc(C)cc(NC(=O)C2CC2C(=O)NCc2ccco2)c1. The van der Waals surface area contributed by atoms with E-state index in [1.165, 1.54) is 0 Å². The number of benzene rings is 1. The summed E-state index contributed by atoms with van der Waals surface area (Å²) in [4.78, 5) is 24.3. The Morgan fingerprint density at radius 2 is 1.83 bits per heavy atom. The molecule has 2 unspecified atom stereocenters. The van der Waals surface area contributed by atoms with Crippen LogP contribution < -0.4 is 10.6 Å². The number of hydrogen-bond donors (Lipinski definition) is 2. The Balaban J connectivity index is 1.51. The molecular weight excluding hydrogens is 292 g/mol. The van der Waals surface area contributed by atoms with E-state index in [-0.39, 0.29) is 23.7 Å². The predicted molar refractivity (Wildman–Crippen MR) is 86.7 cm³/mol. The summed E-state index contributed by atoms with van der Waals surface area (Å²) in [5.41, 5.74) is 2.99. The Kier molecular flexibility index (Phi) is 4.19. The minimum Gasteiger partial charge on any atom is -0.467 e. The first-order chi connectivity index (χ1) is 11.0. The van der Waals surface area contributed by atoms with Crippen molar-refractivity contribution in [1.82, 2.24) is 5.32 Å². The van der Waals surface area contributed by atoms with Crippen molar-refractivity contribution < 1.29 is 14.0 Å². The highest BCUT2D eigenvalue weighted by Gasteiger charge is 2.47. The Morgan fingerprint density at radius 3 is 2.48 bits per heavy atom. The molecule has 5 nitrogen and oxygen atoms in total. The summed E-state index contributed by atoms with van der Waals surface area (Å²) in [5.74, 6) is 0.0358. The average molecular weight is 312 g/mol. The lowest BCUT2D eigenvalue weighted by Crippen LogP contribution is -2.26. The molecule has 2 N–H and O–H groups in total. The molecule has 5 heteroatoms. The van der Waals surface area contributed by atoms with Gasteiger partial charge in [-0.25, -0.2) is 0 Å². The van der Waals surface area contributed by atoms with Crippen LogP contribution in [0.25, 0.3) is 0 Å². The number of carbonyl (C=O) groups is 2. The van der Waals surface area contributed by atoms with Crippen molar-refractivity contribution in [3.05, 3.63) is 53.5 Å². The summed E-state index contributed by atoms with van der Waals surface area (Å²) in [6.45, 7) is 4.34. The zero-order valence-corrected chi connectivity index (χ0v) is 13.3. The molecule has 1 heterocycles. The van der Waals surface area contributed by atoms with E-state index in [0.717, 1.165) is 16.8 Å². The minimum absolute atomic E-state index is 0.0897. The zero-order chi connectivity index (χ0) is 16.4. The van der Waals surface area contributed by atoms with Crippen LogP contribution in [-0.4, -0.2) is 11.8 Å². The molecule has 1 aromatic carbocycles. The van der Waals surface area contributed by atoms with Crippen molar-refractivity contribution in [3.63, 3.8) is 0 Å². The van der Waals surface area contributed by atoms with E-state index in [1.54, 1.807) is 18.4 Å². The van der Waals surface area contributed by atoms with Crippen molar-refractivity contribution >= 4 is 17.5 Å². The number of hydrogen-bond acceptors (Lipinski definition) is 3. The van der Waals surface area contributed by atoms with Crippen molar-refractivity contribution in [2.24, 2.45) is 11.8 Å². The lowest BCUT2D eigenvalue weighted by molar-refractivity contribution is -0.125. The summed E-state index contributed by atoms with van der Waals surface area (Å²) >= 11 is 0. The van der Waals surface area contributed by atoms with Gasteiger partial charge in [0.2, 0.25) is 11.8 Å². The molecule has 1 aliphatic carbocycles. The maximum Gasteiger partial charge on any atom is 0.228 e. The van der Waals surface area contributed by atoms with E-state index in [4.69, 9.17) is 4.42 Å². The van der Waals surface area contributed by atoms with E-state index in [9.17, 15) is 9.59 Å². The number of anilines is 1. The van der Waals surface area contributed by atoms with Gasteiger partial charge in [0.25, 0.3) is 0 Å². The summed E-state index contributed by atoms with van der Waals surface area (Å²) < 4.78 is 5.17. The fraction of sp³-hybridized carbons (Fsp3) is 0.333. The largest absolute Gasteiger partial charge is 0.467 e. The Labute approximate surface area is 135 Å². The molecule has 2 amide bonds. The van der Waals surface area contributed by atoms with Gasteiger partial charge in [-0.2, -0.15) is 0 Å². The highest BCUT2D eigenvalue weighted by molar-refractivity contribution is 5.99. The molecule has 1 aliphatic rings. The van der Waals surface area contributed by atoms with Crippen molar-refractivity contribution in [2.45, 2.75) is 26.8 Å². The molecule has 0 radical (unpaired) electrons. The van der Waals surface area contributed by atoms with Gasteiger partial charge in [-0.1, -0.05) is 6.07 Å². The summed E-state index contributed by atoms with van der Waals surface area (Å²) in [7, 11) is 0. The molecular formula is C18H20N2O3. The van der Waals surface area contributed by atoms with Crippen LogP contribution in [0.2, 0.25) is 0 Å². The molecule has 0 saturated heterocycles. The highest BCUT2D eigenvalue weighted by atomic mass is 16.3. The van der Waals surface area contributed by atoms with E-state index < -0.39 is 0 Å². The van der Waals surface area contributed by atoms with Crippen LogP contribution in [-0.2, 0) is 16.1 Å². The molecule has 0 bridgehead atoms. The summed E-state index contributed by atoms with van der Waals surface area (Å²) in [5, 5.41) is 5.70. The van der Waals surface area contributed by atoms with Crippen molar-refractivity contribution in [2.75, 3.05) is 5.32 Å². The fourth-order valence-electron chi connectivity index (χ4n) is 2.77. The third-order valence-corrected chi connectivity index (χ3v) is 3.97. The van der Waals surface area contributed by atoms with Crippen molar-refractivity contribution in [1.29, 1.82) is 0 Å². The van der Waals surface area contributed by atoms with Crippen LogP contribution in [0.1, 0.15) is 23.3 Å². The molecule has 1 aromatic heterocycles. The fourth-order valence-corrected chi connectivity index (χ4v) is 2.77. The maximum atomic E-state index is 12.2. The van der Waals surface area contributed by atoms with E-state index in [2.05, 4.69) is 16.7 Å². The van der Waals surface area contributed by atoms with Gasteiger partial charge in [0.15, 0.2) is 0 Å². The predicted octanol–water partition coefficient (Wildman–Crippen LogP) is 2.79. The average Bonchev–Trinajstić information content (AvgIpc) is 3.12. The molecule has 0 aliphatic heterocycles. The maximum absolute atomic E-state index is 12.2. The first-order valence-corrected chi connectivity index (χ1v) is 7.72. The standard InChI is InChI=1S/C18H20N2O3/c1-11-6-12(2)8-13(7-11)20-18(22)16-9-15(16)17(21)19-10-14-4-3-5-23-14/h3-8,15-16H,9-10H2,1-2H3,(H,19,21)(H,20,22). The van der Waals surface area contributed by atoms with Crippen molar-refractivity contribution in [3.8, 4) is 0 Å². The summed E-state index contributed by atoms with van der Waals surface area (Å²) in [6, 6.07) is 9.49. The second-order valence-corrected chi connectivity index (χ2v) is 6.11. The molecule has 23 heavy (non-hydrogen) atoms. The van der Waals surface area contributed by atoms with Gasteiger partial charge in [0, 0.05) is 5.69 Å². The Morgan fingerprint density at radius 1 is 1.13 bits per heavy atom. The first kappa shape index (κ1) is 15.3. The van der Waals surface area contributed by atoms with Crippen LogP contribution in [0.3, 0.4) is 0 Å². The number of nitrogens with one attached hydrogen (secondary N) is 2. The van der Waals surface area contributed by atoms with E-state index >= 15 is 0 Å². The van der Waals surface area contributed by atoms with Gasteiger partial charge in [-0.05, 0) is 55.7 Å². The molecule has 1 fully saturated rings. The quantitative estimate of drug-likeness (QED) is 0.892. The molecule has 3 rings (SSSR count). The molecule has 1 saturated carbocycles. The van der Waals surface area contributed by atoms with Gasteiger partial charge in [-0.15, -0.1) is 0 Å². The van der Waals surface area contributed by atoms with Crippen LogP contribution in [0.4, 0.5) is 5.69 Å². The van der Waals surface area contributed by atoms with Crippen LogP contribution in [0.5, 0.6) is 0 Å².